The van der Waals surface area contributed by atoms with E-state index in [4.69, 9.17) is 26.3 Å². The molecule has 1 aliphatic rings. The van der Waals surface area contributed by atoms with E-state index >= 15 is 0 Å². The van der Waals surface area contributed by atoms with E-state index in [1.54, 1.807) is 31.4 Å². The summed E-state index contributed by atoms with van der Waals surface area (Å²) in [7, 11) is -1.93. The molecule has 0 unspecified atom stereocenters. The maximum atomic E-state index is 13.1. The van der Waals surface area contributed by atoms with Crippen molar-refractivity contribution in [3.8, 4) is 5.75 Å². The van der Waals surface area contributed by atoms with Gasteiger partial charge in [-0.2, -0.15) is 4.31 Å². The third-order valence-corrected chi connectivity index (χ3v) is 8.76. The molecule has 0 bridgehead atoms. The summed E-state index contributed by atoms with van der Waals surface area (Å²) in [5.41, 5.74) is 1.71. The van der Waals surface area contributed by atoms with Crippen LogP contribution in [0.15, 0.2) is 77.7 Å². The van der Waals surface area contributed by atoms with Crippen molar-refractivity contribution in [2.24, 2.45) is 0 Å². The number of nitrogens with one attached hydrogen (secondary N) is 1. The number of benzene rings is 3. The first-order chi connectivity index (χ1) is 17.8. The molecule has 1 N–H and O–H groups in total. The van der Waals surface area contributed by atoms with Gasteiger partial charge in [-0.15, -0.1) is 0 Å². The van der Waals surface area contributed by atoms with Gasteiger partial charge in [-0.1, -0.05) is 29.8 Å². The van der Waals surface area contributed by atoms with Gasteiger partial charge < -0.3 is 10.1 Å². The molecule has 1 fully saturated rings. The van der Waals surface area contributed by atoms with Crippen molar-refractivity contribution in [1.29, 1.82) is 0 Å². The second kappa shape index (κ2) is 10.6. The molecule has 4 aromatic rings. The van der Waals surface area contributed by atoms with Crippen LogP contribution in [-0.2, 0) is 10.0 Å². The fourth-order valence-corrected chi connectivity index (χ4v) is 6.01. The summed E-state index contributed by atoms with van der Waals surface area (Å²) in [6.45, 7) is 3.98. The Morgan fingerprint density at radius 3 is 2.41 bits per heavy atom. The summed E-state index contributed by atoms with van der Waals surface area (Å²) in [5.74, 6) is 2.14. The quantitative estimate of drug-likeness (QED) is 0.351. The monoisotopic (exact) mass is 537 g/mol. The molecule has 5 rings (SSSR count). The van der Waals surface area contributed by atoms with E-state index in [0.29, 0.717) is 42.8 Å². The lowest BCUT2D eigenvalue weighted by Crippen LogP contribution is -2.49. The Morgan fingerprint density at radius 1 is 0.946 bits per heavy atom. The highest BCUT2D eigenvalue weighted by Crippen LogP contribution is 2.29. The molecule has 1 aromatic heterocycles. The van der Waals surface area contributed by atoms with E-state index in [0.717, 1.165) is 22.3 Å². The third kappa shape index (κ3) is 5.40. The van der Waals surface area contributed by atoms with Gasteiger partial charge in [0.1, 0.15) is 17.4 Å². The number of rotatable bonds is 7. The molecule has 0 saturated carbocycles. The number of hydrogen-bond acceptors (Lipinski definition) is 7. The number of hydrogen-bond donors (Lipinski definition) is 1. The van der Waals surface area contributed by atoms with Crippen LogP contribution in [0, 0.1) is 0 Å². The van der Waals surface area contributed by atoms with Gasteiger partial charge >= 0.3 is 0 Å². The largest absolute Gasteiger partial charge is 0.497 e. The van der Waals surface area contributed by atoms with Crippen molar-refractivity contribution < 1.29 is 13.2 Å². The highest BCUT2D eigenvalue weighted by atomic mass is 35.5. The molecular formula is C27H28ClN5O3S. The second-order valence-corrected chi connectivity index (χ2v) is 11.2. The number of methoxy groups -OCH3 is 1. The highest BCUT2D eigenvalue weighted by Gasteiger charge is 2.31. The number of piperazine rings is 1. The molecule has 2 heterocycles. The van der Waals surface area contributed by atoms with Crippen LogP contribution < -0.4 is 10.1 Å². The molecule has 1 atom stereocenters. The van der Waals surface area contributed by atoms with Gasteiger partial charge in [-0.25, -0.2) is 18.4 Å². The summed E-state index contributed by atoms with van der Waals surface area (Å²) in [5, 5.41) is 4.85. The van der Waals surface area contributed by atoms with Gasteiger partial charge in [0.2, 0.25) is 10.0 Å². The van der Waals surface area contributed by atoms with Gasteiger partial charge in [0.25, 0.3) is 0 Å². The Morgan fingerprint density at radius 2 is 1.68 bits per heavy atom. The van der Waals surface area contributed by atoms with Gasteiger partial charge in [0.05, 0.1) is 23.6 Å². The zero-order valence-corrected chi connectivity index (χ0v) is 22.2. The van der Waals surface area contributed by atoms with E-state index in [-0.39, 0.29) is 10.9 Å². The number of ether oxygens (including phenoxy) is 1. The number of sulfonamides is 1. The van der Waals surface area contributed by atoms with Crippen LogP contribution in [0.4, 0.5) is 11.5 Å². The Bertz CT molecular complexity index is 1510. The maximum absolute atomic E-state index is 13.1. The van der Waals surface area contributed by atoms with E-state index < -0.39 is 10.0 Å². The van der Waals surface area contributed by atoms with Crippen molar-refractivity contribution in [2.75, 3.05) is 38.6 Å². The number of para-hydroxylation sites is 1. The van der Waals surface area contributed by atoms with Crippen LogP contribution >= 0.6 is 11.6 Å². The minimum Gasteiger partial charge on any atom is -0.497 e. The van der Waals surface area contributed by atoms with Crippen molar-refractivity contribution >= 4 is 44.0 Å². The Hall–Kier alpha value is -3.24. The minimum atomic E-state index is -3.57. The molecule has 0 radical (unpaired) electrons. The van der Waals surface area contributed by atoms with Crippen molar-refractivity contribution in [1.82, 2.24) is 19.2 Å². The average Bonchev–Trinajstić information content (AvgIpc) is 2.93. The van der Waals surface area contributed by atoms with Crippen LogP contribution in [-0.4, -0.2) is 60.9 Å². The zero-order chi connectivity index (χ0) is 26.0. The van der Waals surface area contributed by atoms with E-state index in [1.807, 2.05) is 48.5 Å². The predicted molar refractivity (Wildman–Crippen MR) is 146 cm³/mol. The second-order valence-electron chi connectivity index (χ2n) is 8.87. The molecular weight excluding hydrogens is 510 g/mol. The summed E-state index contributed by atoms with van der Waals surface area (Å²) >= 11 is 5.93. The number of fused-ring (bicyclic) bond motifs is 1. The molecule has 1 saturated heterocycles. The summed E-state index contributed by atoms with van der Waals surface area (Å²) in [6, 6.07) is 21.8. The van der Waals surface area contributed by atoms with Crippen molar-refractivity contribution in [3.05, 3.63) is 83.6 Å². The van der Waals surface area contributed by atoms with Gasteiger partial charge in [-0.05, 0) is 55.5 Å². The van der Waals surface area contributed by atoms with E-state index in [2.05, 4.69) is 17.1 Å². The van der Waals surface area contributed by atoms with Crippen molar-refractivity contribution in [2.45, 2.75) is 17.9 Å². The maximum Gasteiger partial charge on any atom is 0.243 e. The molecule has 0 amide bonds. The molecule has 0 aliphatic carbocycles. The first-order valence-electron chi connectivity index (χ1n) is 12.0. The van der Waals surface area contributed by atoms with Crippen LogP contribution in [0.5, 0.6) is 5.75 Å². The number of aromatic nitrogens is 2. The van der Waals surface area contributed by atoms with Crippen LogP contribution in [0.1, 0.15) is 18.8 Å². The lowest BCUT2D eigenvalue weighted by atomic mass is 10.2. The standard InChI is InChI=1S/C27H28ClN5O3S/c1-19(32-14-16-33(17-15-32)37(34,35)23-12-10-20(28)11-13-23)26-30-25-9-4-3-8-24(25)27(31-26)29-21-6-5-7-22(18-21)36-2/h3-13,18-19H,14-17H2,1-2H3,(H,29,30,31)/t19-/m1/s1. The molecule has 8 nitrogen and oxygen atoms in total. The Balaban J connectivity index is 1.36. The van der Waals surface area contributed by atoms with Crippen LogP contribution in [0.25, 0.3) is 10.9 Å². The third-order valence-electron chi connectivity index (χ3n) is 6.60. The predicted octanol–water partition coefficient (Wildman–Crippen LogP) is 5.10. The average molecular weight is 538 g/mol. The number of nitrogens with zero attached hydrogens (tertiary/aromatic N) is 4. The van der Waals surface area contributed by atoms with Crippen molar-refractivity contribution in [3.63, 3.8) is 0 Å². The molecule has 37 heavy (non-hydrogen) atoms. The molecule has 1 aliphatic heterocycles. The molecule has 192 valence electrons. The first-order valence-corrected chi connectivity index (χ1v) is 13.8. The minimum absolute atomic E-state index is 0.101. The van der Waals surface area contributed by atoms with Gasteiger partial charge in [0, 0.05) is 48.3 Å². The zero-order valence-electron chi connectivity index (χ0n) is 20.6. The van der Waals surface area contributed by atoms with Gasteiger partial charge in [0.15, 0.2) is 0 Å². The van der Waals surface area contributed by atoms with E-state index in [1.165, 1.54) is 4.31 Å². The molecule has 10 heteroatoms. The Labute approximate surface area is 221 Å². The summed E-state index contributed by atoms with van der Waals surface area (Å²) in [6.07, 6.45) is 0. The highest BCUT2D eigenvalue weighted by molar-refractivity contribution is 7.89. The summed E-state index contributed by atoms with van der Waals surface area (Å²) in [4.78, 5) is 12.2. The van der Waals surface area contributed by atoms with Crippen LogP contribution in [0.2, 0.25) is 5.02 Å². The van der Waals surface area contributed by atoms with Crippen LogP contribution in [0.3, 0.4) is 0 Å². The normalized spacial score (nSPS) is 16.0. The SMILES string of the molecule is COc1cccc(Nc2nc([C@@H](C)N3CCN(S(=O)(=O)c4ccc(Cl)cc4)CC3)nc3ccccc23)c1. The molecule has 0 spiro atoms. The van der Waals surface area contributed by atoms with Gasteiger partial charge in [-0.3, -0.25) is 4.90 Å². The smallest absolute Gasteiger partial charge is 0.243 e. The fraction of sp³-hybridized carbons (Fsp3) is 0.259. The first kappa shape index (κ1) is 25.4. The van der Waals surface area contributed by atoms with E-state index in [9.17, 15) is 8.42 Å². The summed E-state index contributed by atoms with van der Waals surface area (Å²) < 4.78 is 33.0. The topological polar surface area (TPSA) is 87.7 Å². The molecule has 3 aromatic carbocycles. The number of anilines is 2. The number of halogens is 1. The fourth-order valence-electron chi connectivity index (χ4n) is 4.46. The lowest BCUT2D eigenvalue weighted by Gasteiger charge is -2.36. The lowest BCUT2D eigenvalue weighted by molar-refractivity contribution is 0.141. The Kier molecular flexibility index (Phi) is 7.30.